The van der Waals surface area contributed by atoms with Gasteiger partial charge in [-0.05, 0) is 26.0 Å². The summed E-state index contributed by atoms with van der Waals surface area (Å²) in [7, 11) is 0. The molecule has 4 nitrogen and oxygen atoms in total. The van der Waals surface area contributed by atoms with Crippen molar-refractivity contribution in [3.63, 3.8) is 0 Å². The molecule has 1 aromatic carbocycles. The molecule has 0 spiro atoms. The Bertz CT molecular complexity index is 447. The SMILES string of the molecule is CC(C)OCC(=O)Nc1ccccc1OCC(F)(F)F. The molecule has 0 unspecified atom stereocenters. The Labute approximate surface area is 114 Å². The smallest absolute Gasteiger partial charge is 0.422 e. The van der Waals surface area contributed by atoms with Gasteiger partial charge >= 0.3 is 6.18 Å². The highest BCUT2D eigenvalue weighted by molar-refractivity contribution is 5.93. The summed E-state index contributed by atoms with van der Waals surface area (Å²) < 4.78 is 46.1. The van der Waals surface area contributed by atoms with Crippen LogP contribution in [0, 0.1) is 0 Å². The summed E-state index contributed by atoms with van der Waals surface area (Å²) >= 11 is 0. The minimum absolute atomic E-state index is 0.0391. The first-order valence-electron chi connectivity index (χ1n) is 5.98. The Balaban J connectivity index is 2.63. The van der Waals surface area contributed by atoms with Crippen LogP contribution in [0.5, 0.6) is 5.75 Å². The highest BCUT2D eigenvalue weighted by Gasteiger charge is 2.28. The van der Waals surface area contributed by atoms with E-state index < -0.39 is 18.7 Å². The van der Waals surface area contributed by atoms with Crippen molar-refractivity contribution in [3.05, 3.63) is 24.3 Å². The number of benzene rings is 1. The van der Waals surface area contributed by atoms with Crippen molar-refractivity contribution >= 4 is 11.6 Å². The summed E-state index contributed by atoms with van der Waals surface area (Å²) in [6.07, 6.45) is -4.55. The van der Waals surface area contributed by atoms with E-state index in [-0.39, 0.29) is 24.1 Å². The predicted octanol–water partition coefficient (Wildman–Crippen LogP) is 2.99. The maximum absolute atomic E-state index is 12.1. The Morgan fingerprint density at radius 2 is 1.95 bits per heavy atom. The minimum atomic E-state index is -4.43. The molecule has 1 amide bonds. The van der Waals surface area contributed by atoms with Crippen molar-refractivity contribution in [2.45, 2.75) is 26.1 Å². The Hall–Kier alpha value is -1.76. The van der Waals surface area contributed by atoms with Crippen LogP contribution in [0.4, 0.5) is 18.9 Å². The summed E-state index contributed by atoms with van der Waals surface area (Å²) in [5.41, 5.74) is 0.175. The molecular weight excluding hydrogens is 275 g/mol. The normalized spacial score (nSPS) is 11.5. The van der Waals surface area contributed by atoms with Gasteiger partial charge < -0.3 is 14.8 Å². The number of amides is 1. The number of alkyl halides is 3. The van der Waals surface area contributed by atoms with Crippen molar-refractivity contribution in [2.75, 3.05) is 18.5 Å². The lowest BCUT2D eigenvalue weighted by molar-refractivity contribution is -0.153. The molecule has 0 radical (unpaired) electrons. The second-order valence-corrected chi connectivity index (χ2v) is 4.31. The number of anilines is 1. The van der Waals surface area contributed by atoms with Gasteiger partial charge in [0.25, 0.3) is 0 Å². The Morgan fingerprint density at radius 1 is 1.30 bits per heavy atom. The second kappa shape index (κ2) is 7.14. The molecule has 20 heavy (non-hydrogen) atoms. The van der Waals surface area contributed by atoms with Gasteiger partial charge in [0.05, 0.1) is 11.8 Å². The third kappa shape index (κ3) is 6.42. The largest absolute Gasteiger partial charge is 0.482 e. The van der Waals surface area contributed by atoms with Crippen molar-refractivity contribution in [1.82, 2.24) is 0 Å². The topological polar surface area (TPSA) is 47.6 Å². The quantitative estimate of drug-likeness (QED) is 0.876. The highest BCUT2D eigenvalue weighted by Crippen LogP contribution is 2.26. The number of para-hydroxylation sites is 2. The van der Waals surface area contributed by atoms with Gasteiger partial charge in [0.1, 0.15) is 12.4 Å². The summed E-state index contributed by atoms with van der Waals surface area (Å²) in [5, 5.41) is 2.45. The molecule has 0 atom stereocenters. The van der Waals surface area contributed by atoms with E-state index >= 15 is 0 Å². The van der Waals surface area contributed by atoms with E-state index in [9.17, 15) is 18.0 Å². The van der Waals surface area contributed by atoms with E-state index in [4.69, 9.17) is 4.74 Å². The number of nitrogens with one attached hydrogen (secondary N) is 1. The monoisotopic (exact) mass is 291 g/mol. The fourth-order valence-corrected chi connectivity index (χ4v) is 1.28. The summed E-state index contributed by atoms with van der Waals surface area (Å²) in [4.78, 5) is 11.6. The number of hydrogen-bond acceptors (Lipinski definition) is 3. The first kappa shape index (κ1) is 16.3. The molecule has 7 heteroatoms. The maximum Gasteiger partial charge on any atom is 0.422 e. The van der Waals surface area contributed by atoms with Gasteiger partial charge in [0.2, 0.25) is 5.91 Å². The van der Waals surface area contributed by atoms with Crippen molar-refractivity contribution in [3.8, 4) is 5.75 Å². The number of carbonyl (C=O) groups is 1. The average molecular weight is 291 g/mol. The van der Waals surface area contributed by atoms with Crippen LogP contribution in [0.15, 0.2) is 24.3 Å². The standard InChI is InChI=1S/C13H16F3NO3/c1-9(2)19-7-12(18)17-10-5-3-4-6-11(10)20-8-13(14,15)16/h3-6,9H,7-8H2,1-2H3,(H,17,18). The number of carbonyl (C=O) groups excluding carboxylic acids is 1. The van der Waals surface area contributed by atoms with Gasteiger partial charge in [-0.25, -0.2) is 0 Å². The number of ether oxygens (including phenoxy) is 2. The first-order chi connectivity index (χ1) is 9.28. The van der Waals surface area contributed by atoms with Gasteiger partial charge in [-0.1, -0.05) is 12.1 Å². The lowest BCUT2D eigenvalue weighted by atomic mass is 10.3. The third-order valence-electron chi connectivity index (χ3n) is 2.10. The third-order valence-corrected chi connectivity index (χ3v) is 2.10. The van der Waals surface area contributed by atoms with Crippen molar-refractivity contribution in [1.29, 1.82) is 0 Å². The van der Waals surface area contributed by atoms with E-state index in [1.54, 1.807) is 19.9 Å². The lowest BCUT2D eigenvalue weighted by Crippen LogP contribution is -2.22. The van der Waals surface area contributed by atoms with E-state index in [1.807, 2.05) is 0 Å². The van der Waals surface area contributed by atoms with Crippen LogP contribution >= 0.6 is 0 Å². The summed E-state index contributed by atoms with van der Waals surface area (Å²) in [5.74, 6) is -0.496. The van der Waals surface area contributed by atoms with E-state index in [1.165, 1.54) is 18.2 Å². The molecule has 1 aromatic rings. The van der Waals surface area contributed by atoms with Crippen LogP contribution in [0.25, 0.3) is 0 Å². The summed E-state index contributed by atoms with van der Waals surface area (Å²) in [6.45, 7) is 1.95. The van der Waals surface area contributed by atoms with Gasteiger partial charge in [0, 0.05) is 0 Å². The van der Waals surface area contributed by atoms with Crippen LogP contribution in [0.2, 0.25) is 0 Å². The maximum atomic E-state index is 12.1. The fourth-order valence-electron chi connectivity index (χ4n) is 1.28. The zero-order valence-electron chi connectivity index (χ0n) is 11.2. The van der Waals surface area contributed by atoms with Crippen LogP contribution < -0.4 is 10.1 Å². The molecule has 0 saturated heterocycles. The van der Waals surface area contributed by atoms with Crippen LogP contribution in [0.3, 0.4) is 0 Å². The minimum Gasteiger partial charge on any atom is -0.482 e. The second-order valence-electron chi connectivity index (χ2n) is 4.31. The molecule has 0 aliphatic rings. The van der Waals surface area contributed by atoms with Crippen LogP contribution in [0.1, 0.15) is 13.8 Å². The van der Waals surface area contributed by atoms with E-state index in [2.05, 4.69) is 10.1 Å². The van der Waals surface area contributed by atoms with Crippen molar-refractivity contribution in [2.24, 2.45) is 0 Å². The average Bonchev–Trinajstić information content (AvgIpc) is 2.34. The van der Waals surface area contributed by atoms with Crippen molar-refractivity contribution < 1.29 is 27.4 Å². The molecule has 0 aliphatic heterocycles. The molecular formula is C13H16F3NO3. The molecule has 1 rings (SSSR count). The van der Waals surface area contributed by atoms with Gasteiger partial charge in [-0.3, -0.25) is 4.79 Å². The van der Waals surface area contributed by atoms with E-state index in [0.717, 1.165) is 0 Å². The molecule has 0 aliphatic carbocycles. The zero-order chi connectivity index (χ0) is 15.2. The first-order valence-corrected chi connectivity index (χ1v) is 5.98. The molecule has 112 valence electrons. The number of halogens is 3. The molecule has 0 aromatic heterocycles. The molecule has 0 heterocycles. The van der Waals surface area contributed by atoms with Gasteiger partial charge in [-0.2, -0.15) is 13.2 Å². The fraction of sp³-hybridized carbons (Fsp3) is 0.462. The molecule has 0 bridgehead atoms. The Morgan fingerprint density at radius 3 is 2.55 bits per heavy atom. The molecule has 1 N–H and O–H groups in total. The van der Waals surface area contributed by atoms with Gasteiger partial charge in [-0.15, -0.1) is 0 Å². The summed E-state index contributed by atoms with van der Waals surface area (Å²) in [6, 6.07) is 5.91. The molecule has 0 fully saturated rings. The molecule has 0 saturated carbocycles. The van der Waals surface area contributed by atoms with Gasteiger partial charge in [0.15, 0.2) is 6.61 Å². The lowest BCUT2D eigenvalue weighted by Gasteiger charge is -2.14. The predicted molar refractivity (Wildman–Crippen MR) is 67.7 cm³/mol. The Kier molecular flexibility index (Phi) is 5.82. The number of hydrogen-bond donors (Lipinski definition) is 1. The van der Waals surface area contributed by atoms with Crippen LogP contribution in [-0.2, 0) is 9.53 Å². The van der Waals surface area contributed by atoms with E-state index in [0.29, 0.717) is 0 Å². The highest BCUT2D eigenvalue weighted by atomic mass is 19.4. The van der Waals surface area contributed by atoms with Crippen LogP contribution in [-0.4, -0.2) is 31.4 Å². The zero-order valence-corrected chi connectivity index (χ0v) is 11.2. The number of rotatable bonds is 6.